The van der Waals surface area contributed by atoms with E-state index in [-0.39, 0.29) is 11.1 Å². The van der Waals surface area contributed by atoms with E-state index in [1.165, 1.54) is 0 Å². The third-order valence-corrected chi connectivity index (χ3v) is 8.52. The van der Waals surface area contributed by atoms with Crippen LogP contribution in [-0.2, 0) is 5.41 Å². The molecule has 0 saturated carbocycles. The van der Waals surface area contributed by atoms with Crippen molar-refractivity contribution >= 4 is 11.9 Å². The van der Waals surface area contributed by atoms with E-state index in [4.69, 9.17) is 0 Å². The zero-order chi connectivity index (χ0) is 32.4. The maximum absolute atomic E-state index is 11.9. The van der Waals surface area contributed by atoms with Gasteiger partial charge in [-0.2, -0.15) is 0 Å². The topological polar surface area (TPSA) is 74.6 Å². The first kappa shape index (κ1) is 29.1. The third-order valence-electron chi connectivity index (χ3n) is 8.52. The molecule has 0 saturated heterocycles. The van der Waals surface area contributed by atoms with Crippen LogP contribution in [0, 0.1) is 23.7 Å². The highest BCUT2D eigenvalue weighted by molar-refractivity contribution is 5.91. The predicted octanol–water partition coefficient (Wildman–Crippen LogP) is 8.25. The molecule has 7 rings (SSSR count). The highest BCUT2D eigenvalue weighted by atomic mass is 16.4. The van der Waals surface area contributed by atoms with E-state index in [2.05, 4.69) is 47.9 Å². The summed E-state index contributed by atoms with van der Waals surface area (Å²) in [4.78, 5) is 23.7. The van der Waals surface area contributed by atoms with Gasteiger partial charge in [0.2, 0.25) is 0 Å². The number of hydrogen-bond acceptors (Lipinski definition) is 2. The molecule has 4 nitrogen and oxygen atoms in total. The predicted molar refractivity (Wildman–Crippen MR) is 183 cm³/mol. The molecule has 0 heterocycles. The van der Waals surface area contributed by atoms with Crippen molar-refractivity contribution in [1.82, 2.24) is 0 Å². The Labute approximate surface area is 272 Å². The molecule has 4 heteroatoms. The quantitative estimate of drug-likeness (QED) is 0.198. The standard InChI is InChI=1S/C43H26O4/c44-41(45)33-17-21-35(22-18-33)43(36-23-19-34(20-24-36)42(46)47)39-27-31(13-11-29-7-3-1-4-8-29)15-25-37(39)38-26-16-32(28-40(38)43)14-12-30-9-5-2-6-10-30/h1-10,15-28H,(H,44,45)(H,46,47). The molecule has 0 unspecified atom stereocenters. The fraction of sp³-hybridized carbons (Fsp3) is 0.0233. The number of aromatic carboxylic acids is 2. The highest BCUT2D eigenvalue weighted by Crippen LogP contribution is 2.56. The number of rotatable bonds is 4. The van der Waals surface area contributed by atoms with Crippen molar-refractivity contribution in [3.8, 4) is 34.8 Å². The first-order valence-corrected chi connectivity index (χ1v) is 15.0. The summed E-state index contributed by atoms with van der Waals surface area (Å²) in [6.45, 7) is 0. The van der Waals surface area contributed by atoms with Crippen molar-refractivity contribution in [2.75, 3.05) is 0 Å². The molecule has 6 aromatic carbocycles. The molecule has 47 heavy (non-hydrogen) atoms. The maximum atomic E-state index is 11.9. The van der Waals surface area contributed by atoms with Crippen LogP contribution in [0.3, 0.4) is 0 Å². The van der Waals surface area contributed by atoms with Gasteiger partial charge in [0, 0.05) is 22.3 Å². The number of hydrogen-bond donors (Lipinski definition) is 2. The van der Waals surface area contributed by atoms with Gasteiger partial charge in [0.15, 0.2) is 0 Å². The van der Waals surface area contributed by atoms with Crippen LogP contribution in [0.2, 0.25) is 0 Å². The molecular formula is C43H26O4. The fourth-order valence-electron chi connectivity index (χ4n) is 6.33. The Morgan fingerprint density at radius 2 is 0.787 bits per heavy atom. The Bertz CT molecular complexity index is 2110. The number of carboxylic acids is 2. The van der Waals surface area contributed by atoms with Gasteiger partial charge in [-0.1, -0.05) is 96.5 Å². The lowest BCUT2D eigenvalue weighted by molar-refractivity contribution is 0.0686. The molecule has 0 amide bonds. The SMILES string of the molecule is O=C(O)c1ccc(C2(c3ccc(C(=O)O)cc3)c3cc(C#Cc4ccccc4)ccc3-c3ccc(C#Cc4ccccc4)cc32)cc1. The second kappa shape index (κ2) is 12.1. The van der Waals surface area contributed by atoms with Crippen LogP contribution >= 0.6 is 0 Å². The number of carbonyl (C=O) groups is 2. The summed E-state index contributed by atoms with van der Waals surface area (Å²) in [6, 6.07) is 45.8. The lowest BCUT2D eigenvalue weighted by atomic mass is 9.67. The second-order valence-electron chi connectivity index (χ2n) is 11.3. The molecule has 2 N–H and O–H groups in total. The minimum atomic E-state index is -1.01. The Morgan fingerprint density at radius 1 is 0.426 bits per heavy atom. The molecule has 0 radical (unpaired) electrons. The van der Waals surface area contributed by atoms with E-state index >= 15 is 0 Å². The summed E-state index contributed by atoms with van der Waals surface area (Å²) >= 11 is 0. The van der Waals surface area contributed by atoms with E-state index in [0.717, 1.165) is 55.6 Å². The second-order valence-corrected chi connectivity index (χ2v) is 11.3. The van der Waals surface area contributed by atoms with Gasteiger partial charge >= 0.3 is 11.9 Å². The van der Waals surface area contributed by atoms with Crippen molar-refractivity contribution in [2.45, 2.75) is 5.41 Å². The van der Waals surface area contributed by atoms with E-state index in [9.17, 15) is 19.8 Å². The van der Waals surface area contributed by atoms with E-state index < -0.39 is 17.4 Å². The van der Waals surface area contributed by atoms with Crippen LogP contribution in [-0.4, -0.2) is 22.2 Å². The Kier molecular flexibility index (Phi) is 7.46. The van der Waals surface area contributed by atoms with Gasteiger partial charge in [-0.3, -0.25) is 0 Å². The average Bonchev–Trinajstić information content (AvgIpc) is 3.40. The van der Waals surface area contributed by atoms with Gasteiger partial charge in [0.25, 0.3) is 0 Å². The zero-order valence-electron chi connectivity index (χ0n) is 25.1. The van der Waals surface area contributed by atoms with E-state index in [1.807, 2.05) is 97.1 Å². The minimum Gasteiger partial charge on any atom is -0.478 e. The van der Waals surface area contributed by atoms with Crippen molar-refractivity contribution in [3.05, 3.63) is 201 Å². The Balaban J connectivity index is 1.51. The van der Waals surface area contributed by atoms with Crippen LogP contribution in [0.5, 0.6) is 0 Å². The molecule has 0 aliphatic heterocycles. The van der Waals surface area contributed by atoms with Gasteiger partial charge in [-0.15, -0.1) is 0 Å². The molecule has 0 bridgehead atoms. The smallest absolute Gasteiger partial charge is 0.335 e. The van der Waals surface area contributed by atoms with E-state index in [0.29, 0.717) is 0 Å². The normalized spacial score (nSPS) is 12.0. The monoisotopic (exact) mass is 606 g/mol. The molecule has 0 spiro atoms. The molecule has 6 aromatic rings. The molecule has 1 aliphatic carbocycles. The van der Waals surface area contributed by atoms with Gasteiger partial charge in [-0.05, 0) is 106 Å². The van der Waals surface area contributed by atoms with Gasteiger partial charge in [-0.25, -0.2) is 9.59 Å². The molecular weight excluding hydrogens is 580 g/mol. The highest BCUT2D eigenvalue weighted by Gasteiger charge is 2.46. The molecule has 1 aliphatic rings. The average molecular weight is 607 g/mol. The van der Waals surface area contributed by atoms with Gasteiger partial charge in [0.1, 0.15) is 0 Å². The van der Waals surface area contributed by atoms with Crippen molar-refractivity contribution < 1.29 is 19.8 Å². The lowest BCUT2D eigenvalue weighted by Gasteiger charge is -2.34. The number of benzene rings is 6. The Morgan fingerprint density at radius 3 is 1.15 bits per heavy atom. The molecule has 0 fully saturated rings. The Hall–Kier alpha value is -6.62. The van der Waals surface area contributed by atoms with Crippen molar-refractivity contribution in [3.63, 3.8) is 0 Å². The maximum Gasteiger partial charge on any atom is 0.335 e. The van der Waals surface area contributed by atoms with Gasteiger partial charge < -0.3 is 10.2 Å². The third kappa shape index (κ3) is 5.35. The summed E-state index contributed by atoms with van der Waals surface area (Å²) in [5, 5.41) is 19.4. The molecule has 0 atom stereocenters. The minimum absolute atomic E-state index is 0.175. The molecule has 222 valence electrons. The first-order chi connectivity index (χ1) is 22.9. The summed E-state index contributed by atoms with van der Waals surface area (Å²) < 4.78 is 0. The van der Waals surface area contributed by atoms with Crippen molar-refractivity contribution in [1.29, 1.82) is 0 Å². The van der Waals surface area contributed by atoms with Crippen LogP contribution < -0.4 is 0 Å². The van der Waals surface area contributed by atoms with Crippen LogP contribution in [0.1, 0.15) is 65.2 Å². The summed E-state index contributed by atoms with van der Waals surface area (Å²) in [7, 11) is 0. The first-order valence-electron chi connectivity index (χ1n) is 15.0. The summed E-state index contributed by atoms with van der Waals surface area (Å²) in [6.07, 6.45) is 0. The molecule has 0 aromatic heterocycles. The summed E-state index contributed by atoms with van der Waals surface area (Å²) in [5.74, 6) is 11.2. The van der Waals surface area contributed by atoms with Crippen molar-refractivity contribution in [2.24, 2.45) is 0 Å². The largest absolute Gasteiger partial charge is 0.478 e. The van der Waals surface area contributed by atoms with Crippen LogP contribution in [0.25, 0.3) is 11.1 Å². The number of fused-ring (bicyclic) bond motifs is 3. The van der Waals surface area contributed by atoms with Crippen LogP contribution in [0.15, 0.2) is 146 Å². The van der Waals surface area contributed by atoms with E-state index in [1.54, 1.807) is 24.3 Å². The van der Waals surface area contributed by atoms with Crippen LogP contribution in [0.4, 0.5) is 0 Å². The zero-order valence-corrected chi connectivity index (χ0v) is 25.1. The van der Waals surface area contributed by atoms with Gasteiger partial charge in [0.05, 0.1) is 16.5 Å². The lowest BCUT2D eigenvalue weighted by Crippen LogP contribution is -2.29. The number of carboxylic acid groups (broad SMARTS) is 2. The summed E-state index contributed by atoms with van der Waals surface area (Å²) in [5.41, 5.74) is 8.49. The fourth-order valence-corrected chi connectivity index (χ4v) is 6.33.